The molecular formula is C22H19Br2OP. The van der Waals surface area contributed by atoms with Crippen molar-refractivity contribution in [2.24, 2.45) is 0 Å². The monoisotopic (exact) mass is 488 g/mol. The summed E-state index contributed by atoms with van der Waals surface area (Å²) < 4.78 is 0. The second-order valence-corrected chi connectivity index (χ2v) is 9.26. The van der Waals surface area contributed by atoms with E-state index in [1.807, 2.05) is 43.3 Å². The van der Waals surface area contributed by atoms with Gasteiger partial charge in [0.15, 0.2) is 5.52 Å². The van der Waals surface area contributed by atoms with Crippen LogP contribution in [0.1, 0.15) is 27.0 Å². The largest absolute Gasteiger partial charge is 0.288 e. The summed E-state index contributed by atoms with van der Waals surface area (Å²) in [5.41, 5.74) is 4.36. The molecule has 0 unspecified atom stereocenters. The molecule has 0 aromatic heterocycles. The molecule has 132 valence electrons. The van der Waals surface area contributed by atoms with Crippen LogP contribution in [-0.2, 0) is 10.7 Å². The number of halogens is 2. The van der Waals surface area contributed by atoms with E-state index < -0.39 is 7.92 Å². The molecule has 0 radical (unpaired) electrons. The fraction of sp³-hybridized carbons (Fsp3) is 0.136. The van der Waals surface area contributed by atoms with Crippen LogP contribution in [0.3, 0.4) is 0 Å². The molecule has 26 heavy (non-hydrogen) atoms. The lowest BCUT2D eigenvalue weighted by Crippen LogP contribution is -2.20. The van der Waals surface area contributed by atoms with Gasteiger partial charge in [0.05, 0.1) is 0 Å². The van der Waals surface area contributed by atoms with E-state index in [2.05, 4.69) is 68.3 Å². The number of benzene rings is 3. The van der Waals surface area contributed by atoms with Crippen LogP contribution in [-0.4, -0.2) is 5.52 Å². The van der Waals surface area contributed by atoms with Gasteiger partial charge in [0, 0.05) is 24.1 Å². The summed E-state index contributed by atoms with van der Waals surface area (Å²) in [5, 5.41) is 3.63. The van der Waals surface area contributed by atoms with Crippen LogP contribution < -0.4 is 10.6 Å². The minimum absolute atomic E-state index is 0.213. The summed E-state index contributed by atoms with van der Waals surface area (Å²) in [7, 11) is -1.11. The zero-order valence-corrected chi connectivity index (χ0v) is 18.5. The molecule has 3 aromatic carbocycles. The first-order chi connectivity index (χ1) is 12.7. The van der Waals surface area contributed by atoms with Crippen molar-refractivity contribution in [3.05, 3.63) is 95.1 Å². The van der Waals surface area contributed by atoms with E-state index >= 15 is 0 Å². The molecule has 3 rings (SSSR count). The maximum absolute atomic E-state index is 13.7. The van der Waals surface area contributed by atoms with Crippen LogP contribution in [0.15, 0.2) is 72.8 Å². The van der Waals surface area contributed by atoms with Crippen LogP contribution in [0.25, 0.3) is 0 Å². The van der Waals surface area contributed by atoms with Gasteiger partial charge in [-0.3, -0.25) is 4.79 Å². The summed E-state index contributed by atoms with van der Waals surface area (Å²) in [6.07, 6.45) is 0. The first-order valence-electron chi connectivity index (χ1n) is 8.34. The normalized spacial score (nSPS) is 10.9. The molecule has 0 heterocycles. The molecule has 4 heteroatoms. The smallest absolute Gasteiger partial charge is 0.193 e. The van der Waals surface area contributed by atoms with Crippen molar-refractivity contribution in [1.82, 2.24) is 0 Å². The van der Waals surface area contributed by atoms with Gasteiger partial charge in [-0.15, -0.1) is 0 Å². The first-order valence-corrected chi connectivity index (χ1v) is 11.9. The first kappa shape index (κ1) is 19.5. The maximum atomic E-state index is 13.7. The molecule has 3 aromatic rings. The minimum atomic E-state index is -1.11. The van der Waals surface area contributed by atoms with E-state index in [4.69, 9.17) is 0 Å². The predicted molar refractivity (Wildman–Crippen MR) is 120 cm³/mol. The van der Waals surface area contributed by atoms with Gasteiger partial charge in [-0.1, -0.05) is 105 Å². The fourth-order valence-electron chi connectivity index (χ4n) is 3.08. The van der Waals surface area contributed by atoms with E-state index in [1.54, 1.807) is 0 Å². The third kappa shape index (κ3) is 4.17. The number of alkyl halides is 2. The number of hydrogen-bond acceptors (Lipinski definition) is 1. The van der Waals surface area contributed by atoms with Crippen molar-refractivity contribution in [3.8, 4) is 0 Å². The second-order valence-electron chi connectivity index (χ2n) is 6.03. The molecule has 0 aliphatic heterocycles. The van der Waals surface area contributed by atoms with Gasteiger partial charge >= 0.3 is 0 Å². The van der Waals surface area contributed by atoms with Gasteiger partial charge in [-0.05, 0) is 34.2 Å². The topological polar surface area (TPSA) is 17.1 Å². The Labute approximate surface area is 172 Å². The molecule has 0 spiro atoms. The Morgan fingerprint density at radius 2 is 1.38 bits per heavy atom. The molecule has 0 saturated carbocycles. The maximum Gasteiger partial charge on any atom is 0.193 e. The minimum Gasteiger partial charge on any atom is -0.288 e. The molecule has 0 atom stereocenters. The highest BCUT2D eigenvalue weighted by Crippen LogP contribution is 2.40. The number of hydrogen-bond donors (Lipinski definition) is 0. The van der Waals surface area contributed by atoms with Gasteiger partial charge in [-0.25, -0.2) is 0 Å². The average Bonchev–Trinajstić information content (AvgIpc) is 2.69. The standard InChI is InChI=1S/C22H19Br2OP/c1-16-12-17(14-23)13-18(15-24)21(16)22(25)26(19-8-4-2-5-9-19)20-10-6-3-7-11-20/h2-13H,14-15H2,1H3. The van der Waals surface area contributed by atoms with E-state index in [9.17, 15) is 4.79 Å². The molecular weight excluding hydrogens is 471 g/mol. The van der Waals surface area contributed by atoms with Gasteiger partial charge in [-0.2, -0.15) is 0 Å². The molecule has 0 aliphatic carbocycles. The molecule has 1 nitrogen and oxygen atoms in total. The highest BCUT2D eigenvalue weighted by molar-refractivity contribution is 9.08. The van der Waals surface area contributed by atoms with Crippen LogP contribution in [0, 0.1) is 6.92 Å². The number of rotatable bonds is 6. The molecule has 0 fully saturated rings. The van der Waals surface area contributed by atoms with Gasteiger partial charge < -0.3 is 0 Å². The van der Waals surface area contributed by atoms with Crippen molar-refractivity contribution < 1.29 is 4.79 Å². The zero-order valence-electron chi connectivity index (χ0n) is 14.5. The summed E-state index contributed by atoms with van der Waals surface area (Å²) in [6.45, 7) is 2.04. The zero-order chi connectivity index (χ0) is 18.5. The quantitative estimate of drug-likeness (QED) is 0.304. The Bertz CT molecular complexity index is 855. The van der Waals surface area contributed by atoms with Crippen LogP contribution in [0.5, 0.6) is 0 Å². The van der Waals surface area contributed by atoms with E-state index in [0.717, 1.165) is 32.6 Å². The molecule has 0 amide bonds. The van der Waals surface area contributed by atoms with Gasteiger partial charge in [0.25, 0.3) is 0 Å². The fourth-order valence-corrected chi connectivity index (χ4v) is 6.10. The summed E-state index contributed by atoms with van der Waals surface area (Å²) in [4.78, 5) is 13.7. The lowest BCUT2D eigenvalue weighted by molar-refractivity contribution is 0.108. The third-order valence-corrected chi connectivity index (χ3v) is 7.73. The lowest BCUT2D eigenvalue weighted by Gasteiger charge is -2.20. The number of carbonyl (C=O) groups is 1. The van der Waals surface area contributed by atoms with Crippen LogP contribution >= 0.6 is 39.8 Å². The lowest BCUT2D eigenvalue weighted by atomic mass is 10.0. The second kappa shape index (κ2) is 9.08. The molecule has 0 N–H and O–H groups in total. The number of aryl methyl sites for hydroxylation is 1. The highest BCUT2D eigenvalue weighted by Gasteiger charge is 2.27. The van der Waals surface area contributed by atoms with Crippen molar-refractivity contribution in [2.45, 2.75) is 17.6 Å². The summed E-state index contributed by atoms with van der Waals surface area (Å²) >= 11 is 7.10. The number of carbonyl (C=O) groups excluding carboxylic acids is 1. The van der Waals surface area contributed by atoms with Gasteiger partial charge in [0.2, 0.25) is 0 Å². The van der Waals surface area contributed by atoms with Gasteiger partial charge in [0.1, 0.15) is 0 Å². The summed E-state index contributed by atoms with van der Waals surface area (Å²) in [5.74, 6) is 0. The highest BCUT2D eigenvalue weighted by atomic mass is 79.9. The van der Waals surface area contributed by atoms with Crippen molar-refractivity contribution >= 4 is 55.9 Å². The molecule has 0 saturated heterocycles. The molecule has 0 aliphatic rings. The predicted octanol–water partition coefficient (Wildman–Crippen LogP) is 6.06. The van der Waals surface area contributed by atoms with Crippen LogP contribution in [0.2, 0.25) is 0 Å². The molecule has 0 bridgehead atoms. The SMILES string of the molecule is Cc1cc(CBr)cc(CBr)c1C(=O)P(c1ccccc1)c1ccccc1. The van der Waals surface area contributed by atoms with Crippen molar-refractivity contribution in [2.75, 3.05) is 0 Å². The van der Waals surface area contributed by atoms with Crippen molar-refractivity contribution in [3.63, 3.8) is 0 Å². The van der Waals surface area contributed by atoms with E-state index in [-0.39, 0.29) is 5.52 Å². The third-order valence-electron chi connectivity index (χ3n) is 4.22. The summed E-state index contributed by atoms with van der Waals surface area (Å²) in [6, 6.07) is 24.5. The Kier molecular flexibility index (Phi) is 6.80. The van der Waals surface area contributed by atoms with Crippen LogP contribution in [0.4, 0.5) is 0 Å². The Hall–Kier alpha value is -1.28. The Balaban J connectivity index is 2.16. The van der Waals surface area contributed by atoms with E-state index in [1.165, 1.54) is 5.56 Å². The Morgan fingerprint density at radius 3 is 1.85 bits per heavy atom. The average molecular weight is 490 g/mol. The Morgan fingerprint density at radius 1 is 0.846 bits per heavy atom. The van der Waals surface area contributed by atoms with E-state index in [0.29, 0.717) is 5.33 Å². The van der Waals surface area contributed by atoms with Crippen molar-refractivity contribution in [1.29, 1.82) is 0 Å².